The Bertz CT molecular complexity index is 452. The summed E-state index contributed by atoms with van der Waals surface area (Å²) < 4.78 is 5.38. The minimum absolute atomic E-state index is 0.0704. The number of hydrogen-bond donors (Lipinski definition) is 2. The maximum Gasteiger partial charge on any atom is 0.245 e. The number of carbonyl (C=O) groups is 1. The number of nitrogens with zero attached hydrogens (tertiary/aromatic N) is 3. The number of anilines is 2. The maximum absolute atomic E-state index is 12.2. The Morgan fingerprint density at radius 1 is 1.58 bits per heavy atom. The van der Waals surface area contributed by atoms with Crippen LogP contribution in [-0.2, 0) is 9.53 Å². The van der Waals surface area contributed by atoms with Crippen LogP contribution in [0.3, 0.4) is 0 Å². The van der Waals surface area contributed by atoms with E-state index in [4.69, 9.17) is 10.5 Å². The molecule has 0 aliphatic carbocycles. The zero-order valence-corrected chi connectivity index (χ0v) is 11.2. The van der Waals surface area contributed by atoms with Crippen LogP contribution in [0.2, 0.25) is 0 Å². The highest BCUT2D eigenvalue weighted by Crippen LogP contribution is 2.17. The third-order valence-electron chi connectivity index (χ3n) is 2.80. The molecule has 1 amide bonds. The average Bonchev–Trinajstić information content (AvgIpc) is 2.38. The lowest BCUT2D eigenvalue weighted by molar-refractivity contribution is -0.125. The van der Waals surface area contributed by atoms with Crippen molar-refractivity contribution in [3.8, 4) is 0 Å². The molecule has 0 bridgehead atoms. The van der Waals surface area contributed by atoms with Crippen LogP contribution in [0, 0.1) is 0 Å². The van der Waals surface area contributed by atoms with Crippen molar-refractivity contribution in [3.63, 3.8) is 0 Å². The predicted octanol–water partition coefficient (Wildman–Crippen LogP) is -0.211. The number of amides is 1. The van der Waals surface area contributed by atoms with E-state index in [-0.39, 0.29) is 11.9 Å². The van der Waals surface area contributed by atoms with Crippen LogP contribution in [-0.4, -0.2) is 47.7 Å². The second kappa shape index (κ2) is 5.83. The van der Waals surface area contributed by atoms with Crippen molar-refractivity contribution in [2.75, 3.05) is 30.4 Å². The molecule has 1 atom stereocenters. The number of rotatable bonds is 3. The Kier molecular flexibility index (Phi) is 4.16. The Balaban J connectivity index is 2.18. The SMILES string of the molecule is CC(C)NC(=O)C1COCCN1c1cncc(N)n1. The fraction of sp³-hybridized carbons (Fsp3) is 0.583. The van der Waals surface area contributed by atoms with Gasteiger partial charge in [0.1, 0.15) is 17.7 Å². The molecule has 1 aliphatic heterocycles. The quantitative estimate of drug-likeness (QED) is 0.785. The third kappa shape index (κ3) is 3.31. The number of hydrogen-bond acceptors (Lipinski definition) is 6. The Morgan fingerprint density at radius 3 is 3.05 bits per heavy atom. The highest BCUT2D eigenvalue weighted by atomic mass is 16.5. The monoisotopic (exact) mass is 265 g/mol. The molecule has 1 aromatic rings. The number of nitrogens with one attached hydrogen (secondary N) is 1. The number of nitrogen functional groups attached to an aromatic ring is 1. The summed E-state index contributed by atoms with van der Waals surface area (Å²) in [6.45, 7) is 5.34. The standard InChI is InChI=1S/C12H19N5O2/c1-8(2)15-12(18)9-7-19-4-3-17(9)11-6-14-5-10(13)16-11/h5-6,8-9H,3-4,7H2,1-2H3,(H2,13,16)(H,15,18). The van der Waals surface area contributed by atoms with Gasteiger partial charge in [0.25, 0.3) is 0 Å². The largest absolute Gasteiger partial charge is 0.382 e. The van der Waals surface area contributed by atoms with Crippen molar-refractivity contribution in [2.24, 2.45) is 0 Å². The molecule has 1 aromatic heterocycles. The second-order valence-corrected chi connectivity index (χ2v) is 4.75. The van der Waals surface area contributed by atoms with Gasteiger partial charge in [0.15, 0.2) is 0 Å². The molecule has 0 spiro atoms. The first-order chi connectivity index (χ1) is 9.08. The summed E-state index contributed by atoms with van der Waals surface area (Å²) in [7, 11) is 0. The van der Waals surface area contributed by atoms with Gasteiger partial charge in [-0.15, -0.1) is 0 Å². The van der Waals surface area contributed by atoms with Crippen LogP contribution in [0.25, 0.3) is 0 Å². The first-order valence-electron chi connectivity index (χ1n) is 6.30. The molecule has 2 rings (SSSR count). The lowest BCUT2D eigenvalue weighted by atomic mass is 10.2. The normalized spacial score (nSPS) is 19.5. The number of nitrogens with two attached hydrogens (primary N) is 1. The molecule has 1 fully saturated rings. The zero-order chi connectivity index (χ0) is 13.8. The Labute approximate surface area is 112 Å². The van der Waals surface area contributed by atoms with Gasteiger partial charge in [-0.05, 0) is 13.8 Å². The van der Waals surface area contributed by atoms with Gasteiger partial charge in [0.05, 0.1) is 25.6 Å². The molecule has 3 N–H and O–H groups in total. The molecule has 7 heteroatoms. The number of carbonyl (C=O) groups excluding carboxylic acids is 1. The van der Waals surface area contributed by atoms with E-state index in [1.165, 1.54) is 6.20 Å². The highest BCUT2D eigenvalue weighted by Gasteiger charge is 2.30. The molecule has 7 nitrogen and oxygen atoms in total. The molecule has 0 saturated carbocycles. The molecule has 0 aromatic carbocycles. The van der Waals surface area contributed by atoms with Crippen LogP contribution < -0.4 is 16.0 Å². The molecular formula is C12H19N5O2. The molecule has 2 heterocycles. The van der Waals surface area contributed by atoms with Crippen molar-refractivity contribution >= 4 is 17.5 Å². The third-order valence-corrected chi connectivity index (χ3v) is 2.80. The van der Waals surface area contributed by atoms with Gasteiger partial charge in [-0.1, -0.05) is 0 Å². The van der Waals surface area contributed by atoms with Crippen molar-refractivity contribution in [1.82, 2.24) is 15.3 Å². The maximum atomic E-state index is 12.2. The smallest absolute Gasteiger partial charge is 0.245 e. The van der Waals surface area contributed by atoms with Crippen molar-refractivity contribution in [2.45, 2.75) is 25.9 Å². The fourth-order valence-corrected chi connectivity index (χ4v) is 1.98. The van der Waals surface area contributed by atoms with Crippen LogP contribution in [0.4, 0.5) is 11.6 Å². The zero-order valence-electron chi connectivity index (χ0n) is 11.2. The van der Waals surface area contributed by atoms with Gasteiger partial charge in [-0.3, -0.25) is 9.78 Å². The summed E-state index contributed by atoms with van der Waals surface area (Å²) in [6.07, 6.45) is 3.09. The van der Waals surface area contributed by atoms with Gasteiger partial charge in [-0.25, -0.2) is 4.98 Å². The van der Waals surface area contributed by atoms with Crippen LogP contribution >= 0.6 is 0 Å². The Morgan fingerprint density at radius 2 is 2.37 bits per heavy atom. The Hall–Kier alpha value is -1.89. The molecule has 1 saturated heterocycles. The van der Waals surface area contributed by atoms with Gasteiger partial charge in [0, 0.05) is 12.6 Å². The molecular weight excluding hydrogens is 246 g/mol. The topological polar surface area (TPSA) is 93.4 Å². The number of ether oxygens (including phenoxy) is 1. The van der Waals surface area contributed by atoms with E-state index in [1.54, 1.807) is 6.20 Å². The number of morpholine rings is 1. The molecule has 104 valence electrons. The fourth-order valence-electron chi connectivity index (χ4n) is 1.98. The van der Waals surface area contributed by atoms with Crippen LogP contribution in [0.1, 0.15) is 13.8 Å². The summed E-state index contributed by atoms with van der Waals surface area (Å²) in [6, 6.07) is -0.310. The van der Waals surface area contributed by atoms with E-state index in [9.17, 15) is 4.79 Å². The summed E-state index contributed by atoms with van der Waals surface area (Å²) in [5.41, 5.74) is 5.64. The van der Waals surface area contributed by atoms with E-state index < -0.39 is 6.04 Å². The minimum atomic E-state index is -0.396. The van der Waals surface area contributed by atoms with Crippen LogP contribution in [0.5, 0.6) is 0 Å². The summed E-state index contributed by atoms with van der Waals surface area (Å²) in [5, 5.41) is 2.89. The minimum Gasteiger partial charge on any atom is -0.382 e. The van der Waals surface area contributed by atoms with Crippen molar-refractivity contribution < 1.29 is 9.53 Å². The number of aromatic nitrogens is 2. The van der Waals surface area contributed by atoms with E-state index in [1.807, 2.05) is 18.7 Å². The molecule has 1 unspecified atom stereocenters. The van der Waals surface area contributed by atoms with E-state index >= 15 is 0 Å². The molecule has 19 heavy (non-hydrogen) atoms. The lowest BCUT2D eigenvalue weighted by Gasteiger charge is -2.35. The molecule has 1 aliphatic rings. The van der Waals surface area contributed by atoms with E-state index in [0.717, 1.165) is 0 Å². The van der Waals surface area contributed by atoms with Crippen molar-refractivity contribution in [1.29, 1.82) is 0 Å². The van der Waals surface area contributed by atoms with E-state index in [2.05, 4.69) is 15.3 Å². The van der Waals surface area contributed by atoms with Gasteiger partial charge >= 0.3 is 0 Å². The first kappa shape index (κ1) is 13.5. The summed E-state index contributed by atoms with van der Waals surface area (Å²) >= 11 is 0. The van der Waals surface area contributed by atoms with Gasteiger partial charge in [0.2, 0.25) is 5.91 Å². The van der Waals surface area contributed by atoms with Crippen LogP contribution in [0.15, 0.2) is 12.4 Å². The summed E-state index contributed by atoms with van der Waals surface area (Å²) in [4.78, 5) is 22.3. The average molecular weight is 265 g/mol. The first-order valence-corrected chi connectivity index (χ1v) is 6.30. The lowest BCUT2D eigenvalue weighted by Crippen LogP contribution is -2.55. The second-order valence-electron chi connectivity index (χ2n) is 4.75. The summed E-state index contributed by atoms with van der Waals surface area (Å²) in [5.74, 6) is 0.873. The highest BCUT2D eigenvalue weighted by molar-refractivity contribution is 5.85. The van der Waals surface area contributed by atoms with E-state index in [0.29, 0.717) is 31.4 Å². The van der Waals surface area contributed by atoms with Crippen molar-refractivity contribution in [3.05, 3.63) is 12.4 Å². The van der Waals surface area contributed by atoms with Gasteiger partial charge in [-0.2, -0.15) is 0 Å². The predicted molar refractivity (Wildman–Crippen MR) is 71.7 cm³/mol. The van der Waals surface area contributed by atoms with Gasteiger partial charge < -0.3 is 20.7 Å². The molecule has 0 radical (unpaired) electrons.